The van der Waals surface area contributed by atoms with Gasteiger partial charge in [0, 0.05) is 41.9 Å². The molecule has 8 heteroatoms. The van der Waals surface area contributed by atoms with Crippen LogP contribution in [0, 0.1) is 0 Å². The number of rotatable bonds is 3. The summed E-state index contributed by atoms with van der Waals surface area (Å²) in [5, 5.41) is -0.387. The van der Waals surface area contributed by atoms with Gasteiger partial charge in [0.05, 0.1) is 0 Å². The number of aromatic nitrogens is 1. The van der Waals surface area contributed by atoms with Gasteiger partial charge in [-0.3, -0.25) is 4.90 Å². The van der Waals surface area contributed by atoms with E-state index in [4.69, 9.17) is 11.6 Å². The molecule has 0 amide bonds. The minimum atomic E-state index is -3.03. The highest BCUT2D eigenvalue weighted by molar-refractivity contribution is 8.00. The summed E-state index contributed by atoms with van der Waals surface area (Å²) in [6.45, 7) is 1.40. The van der Waals surface area contributed by atoms with Crippen LogP contribution in [0.4, 0.5) is 0 Å². The summed E-state index contributed by atoms with van der Waals surface area (Å²) >= 11 is 8.87. The van der Waals surface area contributed by atoms with Crippen LogP contribution < -0.4 is 0 Å². The van der Waals surface area contributed by atoms with E-state index in [1.807, 2.05) is 4.90 Å². The van der Waals surface area contributed by atoms with Crippen LogP contribution in [0.1, 0.15) is 4.88 Å². The minimum Gasteiger partial charge on any atom is -0.281 e. The Balaban J connectivity index is 2.12. The smallest absolute Gasteiger partial charge is 0.183 e. The topological polar surface area (TPSA) is 50.3 Å². The third-order valence-electron chi connectivity index (χ3n) is 2.57. The van der Waals surface area contributed by atoms with Gasteiger partial charge in [-0.2, -0.15) is 11.8 Å². The van der Waals surface area contributed by atoms with Crippen molar-refractivity contribution in [1.82, 2.24) is 9.88 Å². The molecule has 0 N–H and O–H groups in total. The number of thiazole rings is 1. The molecule has 1 aromatic rings. The van der Waals surface area contributed by atoms with Gasteiger partial charge in [-0.25, -0.2) is 13.4 Å². The summed E-state index contributed by atoms with van der Waals surface area (Å²) in [5.74, 6) is 1.62. The van der Waals surface area contributed by atoms with Crippen LogP contribution in [0.2, 0.25) is 4.47 Å². The van der Waals surface area contributed by atoms with Crippen molar-refractivity contribution < 1.29 is 8.42 Å². The molecule has 0 radical (unpaired) electrons. The Morgan fingerprint density at radius 1 is 1.65 bits per heavy atom. The lowest BCUT2D eigenvalue weighted by atomic mass is 10.4. The van der Waals surface area contributed by atoms with Gasteiger partial charge in [0.2, 0.25) is 0 Å². The van der Waals surface area contributed by atoms with Crippen LogP contribution in [-0.4, -0.2) is 48.0 Å². The fraction of sp³-hybridized carbons (Fsp3) is 0.667. The molecule has 1 atom stereocenters. The summed E-state index contributed by atoms with van der Waals surface area (Å²) in [4.78, 5) is 6.98. The molecule has 96 valence electrons. The number of thioether (sulfide) groups is 1. The van der Waals surface area contributed by atoms with E-state index in [0.717, 1.165) is 17.2 Å². The van der Waals surface area contributed by atoms with E-state index >= 15 is 0 Å². The molecular weight excluding hydrogens is 300 g/mol. The second-order valence-electron chi connectivity index (χ2n) is 3.91. The van der Waals surface area contributed by atoms with Crippen molar-refractivity contribution in [2.45, 2.75) is 11.9 Å². The van der Waals surface area contributed by atoms with Crippen molar-refractivity contribution in [3.05, 3.63) is 15.5 Å². The predicted octanol–water partition coefficient (Wildman–Crippen LogP) is 1.72. The number of hydrogen-bond acceptors (Lipinski definition) is 6. The summed E-state index contributed by atoms with van der Waals surface area (Å²) in [5.41, 5.74) is 0. The molecular formula is C9H13ClN2O2S3. The summed E-state index contributed by atoms with van der Waals surface area (Å²) < 4.78 is 23.9. The number of hydrogen-bond donors (Lipinski definition) is 0. The fourth-order valence-electron chi connectivity index (χ4n) is 1.75. The van der Waals surface area contributed by atoms with E-state index in [2.05, 4.69) is 4.98 Å². The average Bonchev–Trinajstić information content (AvgIpc) is 2.63. The normalized spacial score (nSPS) is 22.8. The lowest BCUT2D eigenvalue weighted by molar-refractivity contribution is 0.264. The van der Waals surface area contributed by atoms with Gasteiger partial charge >= 0.3 is 0 Å². The molecule has 2 rings (SSSR count). The van der Waals surface area contributed by atoms with E-state index in [1.165, 1.54) is 17.6 Å². The van der Waals surface area contributed by atoms with Gasteiger partial charge in [-0.05, 0) is 0 Å². The van der Waals surface area contributed by atoms with E-state index in [9.17, 15) is 8.42 Å². The maximum absolute atomic E-state index is 11.7. The van der Waals surface area contributed by atoms with Crippen molar-refractivity contribution in [2.24, 2.45) is 0 Å². The molecule has 0 aliphatic carbocycles. The summed E-state index contributed by atoms with van der Waals surface area (Å²) in [6.07, 6.45) is 3.02. The Morgan fingerprint density at radius 3 is 3.00 bits per heavy atom. The maximum Gasteiger partial charge on any atom is 0.183 e. The van der Waals surface area contributed by atoms with Crippen molar-refractivity contribution in [2.75, 3.05) is 24.3 Å². The first-order valence-electron chi connectivity index (χ1n) is 5.07. The Morgan fingerprint density at radius 2 is 2.41 bits per heavy atom. The van der Waals surface area contributed by atoms with Gasteiger partial charge in [0.25, 0.3) is 0 Å². The molecule has 1 aliphatic heterocycles. The Hall–Kier alpha value is 0.180. The Bertz CT molecular complexity index is 488. The highest BCUT2D eigenvalue weighted by atomic mass is 35.5. The van der Waals surface area contributed by atoms with Gasteiger partial charge < -0.3 is 0 Å². The average molecular weight is 313 g/mol. The molecule has 4 nitrogen and oxygen atoms in total. The monoisotopic (exact) mass is 312 g/mol. The number of sulfone groups is 1. The van der Waals surface area contributed by atoms with E-state index in [-0.39, 0.29) is 5.37 Å². The summed E-state index contributed by atoms with van der Waals surface area (Å²) in [7, 11) is -3.03. The standard InChI is InChI=1S/C9H13ClN2O2S3/c1-17(13,14)8-6-15-3-2-12(8)5-7-4-11-9(10)16-7/h4,8H,2-3,5-6H2,1H3. The van der Waals surface area contributed by atoms with Crippen LogP contribution in [0.25, 0.3) is 0 Å². The first kappa shape index (κ1) is 13.6. The molecule has 1 fully saturated rings. The van der Waals surface area contributed by atoms with Crippen LogP contribution in [0.3, 0.4) is 0 Å². The Kier molecular flexibility index (Phi) is 4.35. The van der Waals surface area contributed by atoms with Crippen molar-refractivity contribution >= 4 is 44.5 Å². The summed E-state index contributed by atoms with van der Waals surface area (Å²) in [6, 6.07) is 0. The van der Waals surface area contributed by atoms with Gasteiger partial charge in [-0.1, -0.05) is 11.6 Å². The molecule has 1 aromatic heterocycles. The quantitative estimate of drug-likeness (QED) is 0.850. The second-order valence-corrected chi connectivity index (χ2v) is 8.96. The van der Waals surface area contributed by atoms with Crippen LogP contribution >= 0.6 is 34.7 Å². The molecule has 17 heavy (non-hydrogen) atoms. The Labute approximate surface area is 114 Å². The van der Waals surface area contributed by atoms with Gasteiger partial charge in [0.15, 0.2) is 14.3 Å². The second kappa shape index (κ2) is 5.44. The molecule has 2 heterocycles. The molecule has 1 aliphatic rings. The van der Waals surface area contributed by atoms with E-state index < -0.39 is 9.84 Å². The van der Waals surface area contributed by atoms with Crippen LogP contribution in [-0.2, 0) is 16.4 Å². The largest absolute Gasteiger partial charge is 0.281 e. The molecule has 0 aromatic carbocycles. The third kappa shape index (κ3) is 3.57. The third-order valence-corrected chi connectivity index (χ3v) is 6.36. The van der Waals surface area contributed by atoms with Crippen LogP contribution in [0.15, 0.2) is 6.20 Å². The zero-order valence-corrected chi connectivity index (χ0v) is 12.5. The molecule has 0 saturated carbocycles. The number of halogens is 1. The lowest BCUT2D eigenvalue weighted by Gasteiger charge is -2.33. The molecule has 0 bridgehead atoms. The molecule has 0 spiro atoms. The number of nitrogens with zero attached hydrogens (tertiary/aromatic N) is 2. The first-order valence-corrected chi connectivity index (χ1v) is 9.38. The SMILES string of the molecule is CS(=O)(=O)C1CSCCN1Cc1cnc(Cl)s1. The van der Waals surface area contributed by atoms with Gasteiger partial charge in [0.1, 0.15) is 5.37 Å². The van der Waals surface area contributed by atoms with E-state index in [0.29, 0.717) is 16.8 Å². The zero-order valence-electron chi connectivity index (χ0n) is 9.30. The van der Waals surface area contributed by atoms with Crippen LogP contribution in [0.5, 0.6) is 0 Å². The molecule has 1 unspecified atom stereocenters. The highest BCUT2D eigenvalue weighted by Gasteiger charge is 2.31. The highest BCUT2D eigenvalue weighted by Crippen LogP contribution is 2.25. The fourth-order valence-corrected chi connectivity index (χ4v) is 5.69. The molecule has 1 saturated heterocycles. The maximum atomic E-state index is 11.7. The lowest BCUT2D eigenvalue weighted by Crippen LogP contribution is -2.46. The minimum absolute atomic E-state index is 0.387. The van der Waals surface area contributed by atoms with Gasteiger partial charge in [-0.15, -0.1) is 11.3 Å². The first-order chi connectivity index (χ1) is 7.97. The van der Waals surface area contributed by atoms with Crippen molar-refractivity contribution in [1.29, 1.82) is 0 Å². The predicted molar refractivity (Wildman–Crippen MR) is 73.5 cm³/mol. The zero-order chi connectivity index (χ0) is 12.5. The van der Waals surface area contributed by atoms with Crippen molar-refractivity contribution in [3.8, 4) is 0 Å². The van der Waals surface area contributed by atoms with E-state index in [1.54, 1.807) is 18.0 Å². The van der Waals surface area contributed by atoms with Crippen molar-refractivity contribution in [3.63, 3.8) is 0 Å².